The number of benzene rings is 2. The maximum absolute atomic E-state index is 12.7. The number of hydrogen-bond acceptors (Lipinski definition) is 7. The van der Waals surface area contributed by atoms with Gasteiger partial charge in [-0.3, -0.25) is 4.79 Å². The van der Waals surface area contributed by atoms with Crippen LogP contribution in [0.5, 0.6) is 17.2 Å². The fourth-order valence-electron chi connectivity index (χ4n) is 3.11. The molecular formula is C21H19F2N3O4S. The number of Topliss-reactive ketones (excluding diaryl/α,β-unsaturated/α-hetero) is 1. The lowest BCUT2D eigenvalue weighted by molar-refractivity contribution is -0.0498. The van der Waals surface area contributed by atoms with E-state index in [1.165, 1.54) is 23.9 Å². The standard InChI is InChI=1S/C21H19F2N3O4S/c1-2-26-19(13-3-6-15(7-4-13)30-20(22)23)24-25-21(26)31-12-16(27)14-5-8-17-18(11-14)29-10-9-28-17/h3-8,11,20H,2,9-10,12H2,1H3. The highest BCUT2D eigenvalue weighted by molar-refractivity contribution is 7.99. The Morgan fingerprint density at radius 3 is 2.58 bits per heavy atom. The molecule has 162 valence electrons. The van der Waals surface area contributed by atoms with Crippen molar-refractivity contribution in [1.82, 2.24) is 14.8 Å². The highest BCUT2D eigenvalue weighted by Crippen LogP contribution is 2.32. The van der Waals surface area contributed by atoms with Crippen molar-refractivity contribution in [1.29, 1.82) is 0 Å². The normalized spacial score (nSPS) is 12.8. The van der Waals surface area contributed by atoms with Crippen LogP contribution in [0.25, 0.3) is 11.4 Å². The molecule has 0 N–H and O–H groups in total. The molecule has 1 aromatic heterocycles. The number of halogens is 2. The van der Waals surface area contributed by atoms with E-state index >= 15 is 0 Å². The van der Waals surface area contributed by atoms with Gasteiger partial charge in [0.25, 0.3) is 0 Å². The molecule has 0 spiro atoms. The minimum absolute atomic E-state index is 0.0670. The molecule has 0 saturated heterocycles. The Hall–Kier alpha value is -3.14. The summed E-state index contributed by atoms with van der Waals surface area (Å²) in [4.78, 5) is 12.7. The summed E-state index contributed by atoms with van der Waals surface area (Å²) in [5.74, 6) is 1.97. The molecule has 4 rings (SSSR count). The summed E-state index contributed by atoms with van der Waals surface area (Å²) in [6.45, 7) is 0.593. The Morgan fingerprint density at radius 2 is 1.87 bits per heavy atom. The summed E-state index contributed by atoms with van der Waals surface area (Å²) in [6, 6.07) is 11.3. The second-order valence-corrected chi connectivity index (χ2v) is 7.47. The van der Waals surface area contributed by atoms with E-state index in [1.807, 2.05) is 11.5 Å². The summed E-state index contributed by atoms with van der Waals surface area (Å²) in [6.07, 6.45) is 0. The van der Waals surface area contributed by atoms with E-state index < -0.39 is 6.61 Å². The maximum Gasteiger partial charge on any atom is 0.387 e. The van der Waals surface area contributed by atoms with Crippen LogP contribution in [0.2, 0.25) is 0 Å². The molecule has 10 heteroatoms. The van der Waals surface area contributed by atoms with Crippen LogP contribution in [-0.4, -0.2) is 46.1 Å². The SMILES string of the molecule is CCn1c(SCC(=O)c2ccc3c(c2)OCCO3)nnc1-c1ccc(OC(F)F)cc1. The number of nitrogens with zero attached hydrogens (tertiary/aromatic N) is 3. The summed E-state index contributed by atoms with van der Waals surface area (Å²) in [7, 11) is 0. The zero-order chi connectivity index (χ0) is 21.8. The summed E-state index contributed by atoms with van der Waals surface area (Å²) < 4.78 is 41.9. The van der Waals surface area contributed by atoms with Crippen LogP contribution >= 0.6 is 11.8 Å². The average molecular weight is 447 g/mol. The van der Waals surface area contributed by atoms with Crippen molar-refractivity contribution in [3.8, 4) is 28.6 Å². The molecule has 1 aliphatic heterocycles. The fraction of sp³-hybridized carbons (Fsp3) is 0.286. The minimum atomic E-state index is -2.88. The van der Waals surface area contributed by atoms with Crippen LogP contribution in [0.3, 0.4) is 0 Å². The zero-order valence-electron chi connectivity index (χ0n) is 16.6. The Morgan fingerprint density at radius 1 is 1.13 bits per heavy atom. The van der Waals surface area contributed by atoms with Gasteiger partial charge in [0.2, 0.25) is 0 Å². The molecule has 1 aliphatic rings. The molecule has 2 heterocycles. The Kier molecular flexibility index (Phi) is 6.36. The van der Waals surface area contributed by atoms with Crippen molar-refractivity contribution in [2.75, 3.05) is 19.0 Å². The molecule has 0 atom stereocenters. The monoisotopic (exact) mass is 447 g/mol. The number of thioether (sulfide) groups is 1. The molecule has 31 heavy (non-hydrogen) atoms. The van der Waals surface area contributed by atoms with Crippen molar-refractivity contribution in [2.24, 2.45) is 0 Å². The molecule has 3 aromatic rings. The molecule has 0 radical (unpaired) electrons. The molecule has 0 unspecified atom stereocenters. The van der Waals surface area contributed by atoms with E-state index in [2.05, 4.69) is 14.9 Å². The van der Waals surface area contributed by atoms with Gasteiger partial charge >= 0.3 is 6.61 Å². The van der Waals surface area contributed by atoms with Crippen LogP contribution in [0, 0.1) is 0 Å². The second-order valence-electron chi connectivity index (χ2n) is 6.52. The Labute approximate surface area is 181 Å². The smallest absolute Gasteiger partial charge is 0.387 e. The van der Waals surface area contributed by atoms with Crippen LogP contribution in [0.4, 0.5) is 8.78 Å². The highest BCUT2D eigenvalue weighted by Gasteiger charge is 2.18. The second kappa shape index (κ2) is 9.34. The van der Waals surface area contributed by atoms with Crippen molar-refractivity contribution in [2.45, 2.75) is 25.2 Å². The molecule has 0 fully saturated rings. The Balaban J connectivity index is 1.46. The summed E-state index contributed by atoms with van der Waals surface area (Å²) in [5, 5.41) is 9.00. The van der Waals surface area contributed by atoms with E-state index in [0.717, 1.165) is 0 Å². The molecule has 0 amide bonds. The van der Waals surface area contributed by atoms with Gasteiger partial charge in [0, 0.05) is 17.7 Å². The number of fused-ring (bicyclic) bond motifs is 1. The van der Waals surface area contributed by atoms with Gasteiger partial charge in [-0.25, -0.2) is 0 Å². The topological polar surface area (TPSA) is 75.5 Å². The van der Waals surface area contributed by atoms with Crippen molar-refractivity contribution in [3.05, 3.63) is 48.0 Å². The number of hydrogen-bond donors (Lipinski definition) is 0. The van der Waals surface area contributed by atoms with Crippen molar-refractivity contribution in [3.63, 3.8) is 0 Å². The third kappa shape index (κ3) is 4.79. The van der Waals surface area contributed by atoms with E-state index in [-0.39, 0.29) is 17.3 Å². The van der Waals surface area contributed by atoms with Crippen LogP contribution in [0.15, 0.2) is 47.6 Å². The van der Waals surface area contributed by atoms with Gasteiger partial charge in [-0.2, -0.15) is 8.78 Å². The highest BCUT2D eigenvalue weighted by atomic mass is 32.2. The number of carbonyl (C=O) groups excluding carboxylic acids is 1. The number of aromatic nitrogens is 3. The Bertz CT molecular complexity index is 1070. The van der Waals surface area contributed by atoms with E-state index in [4.69, 9.17) is 9.47 Å². The first-order chi connectivity index (χ1) is 15.0. The molecule has 2 aromatic carbocycles. The summed E-state index contributed by atoms with van der Waals surface area (Å²) in [5.41, 5.74) is 1.25. The van der Waals surface area contributed by atoms with E-state index in [1.54, 1.807) is 30.3 Å². The van der Waals surface area contributed by atoms with Gasteiger partial charge in [-0.05, 0) is 49.4 Å². The van der Waals surface area contributed by atoms with Crippen LogP contribution < -0.4 is 14.2 Å². The number of rotatable bonds is 8. The third-order valence-electron chi connectivity index (χ3n) is 4.57. The van der Waals surface area contributed by atoms with Gasteiger partial charge in [-0.15, -0.1) is 10.2 Å². The lowest BCUT2D eigenvalue weighted by atomic mass is 10.1. The molecule has 0 saturated carbocycles. The first-order valence-corrected chi connectivity index (χ1v) is 10.6. The largest absolute Gasteiger partial charge is 0.486 e. The zero-order valence-corrected chi connectivity index (χ0v) is 17.4. The number of ketones is 1. The van der Waals surface area contributed by atoms with Gasteiger partial charge in [-0.1, -0.05) is 11.8 Å². The minimum Gasteiger partial charge on any atom is -0.486 e. The van der Waals surface area contributed by atoms with Crippen molar-refractivity contribution < 1.29 is 27.8 Å². The summed E-state index contributed by atoms with van der Waals surface area (Å²) >= 11 is 1.28. The van der Waals surface area contributed by atoms with Crippen LogP contribution in [-0.2, 0) is 6.54 Å². The van der Waals surface area contributed by atoms with Crippen LogP contribution in [0.1, 0.15) is 17.3 Å². The van der Waals surface area contributed by atoms with Gasteiger partial charge < -0.3 is 18.8 Å². The number of ether oxygens (including phenoxy) is 3. The molecule has 0 bridgehead atoms. The third-order valence-corrected chi connectivity index (χ3v) is 5.53. The lowest BCUT2D eigenvalue weighted by Crippen LogP contribution is -2.16. The van der Waals surface area contributed by atoms with Crippen molar-refractivity contribution >= 4 is 17.5 Å². The molecular weight excluding hydrogens is 428 g/mol. The fourth-order valence-corrected chi connectivity index (χ4v) is 4.01. The lowest BCUT2D eigenvalue weighted by Gasteiger charge is -2.18. The van der Waals surface area contributed by atoms with E-state index in [0.29, 0.717) is 53.4 Å². The first kappa shape index (κ1) is 21.1. The molecule has 0 aliphatic carbocycles. The molecule has 7 nitrogen and oxygen atoms in total. The van der Waals surface area contributed by atoms with Gasteiger partial charge in [0.1, 0.15) is 19.0 Å². The predicted molar refractivity (Wildman–Crippen MR) is 110 cm³/mol. The number of carbonyl (C=O) groups is 1. The average Bonchev–Trinajstić information content (AvgIpc) is 3.20. The van der Waals surface area contributed by atoms with Gasteiger partial charge in [0.05, 0.1) is 5.75 Å². The first-order valence-electron chi connectivity index (χ1n) is 9.59. The number of alkyl halides is 2. The predicted octanol–water partition coefficient (Wildman–Crippen LogP) is 4.31. The maximum atomic E-state index is 12.7. The quantitative estimate of drug-likeness (QED) is 0.376. The van der Waals surface area contributed by atoms with Gasteiger partial charge in [0.15, 0.2) is 28.3 Å². The van der Waals surface area contributed by atoms with E-state index in [9.17, 15) is 13.6 Å².